The average Bonchev–Trinajstić information content (AvgIpc) is 3.26. The number of halogens is 3. The predicted molar refractivity (Wildman–Crippen MR) is 103 cm³/mol. The van der Waals surface area contributed by atoms with Crippen LogP contribution in [0.1, 0.15) is 11.9 Å². The van der Waals surface area contributed by atoms with Gasteiger partial charge in [-0.05, 0) is 13.0 Å². The molecule has 0 aliphatic rings. The van der Waals surface area contributed by atoms with E-state index in [0.29, 0.717) is 11.2 Å². The summed E-state index contributed by atoms with van der Waals surface area (Å²) in [6, 6.07) is 7.68. The highest BCUT2D eigenvalue weighted by molar-refractivity contribution is 8.00. The van der Waals surface area contributed by atoms with Crippen molar-refractivity contribution >= 4 is 56.2 Å². The zero-order chi connectivity index (χ0) is 20.8. The first-order valence-electron chi connectivity index (χ1n) is 8.20. The molecule has 3 heterocycles. The largest absolute Gasteiger partial charge is 0.445 e. The van der Waals surface area contributed by atoms with Crippen LogP contribution in [-0.4, -0.2) is 41.1 Å². The van der Waals surface area contributed by atoms with Crippen molar-refractivity contribution in [3.8, 4) is 0 Å². The fraction of sp³-hybridized carbons (Fsp3) is 0.250. The SMILES string of the molecule is C[C@@H](Sc1nnc2c3ccccc3n(C)c2n1)C(=O)Nc1nnc(C(F)(F)F)s1. The standard InChI is InChI=1S/C16H12F3N7OS2/c1-7(12(27)21-15-25-23-13(29-15)16(17,18)19)28-14-20-11-10(22-24-14)8-5-3-4-6-9(8)26(11)2/h3-7H,1-2H3,(H,21,25,27)/t7-/m1/s1. The number of para-hydroxylation sites is 1. The van der Waals surface area contributed by atoms with Crippen molar-refractivity contribution in [2.45, 2.75) is 23.5 Å². The van der Waals surface area contributed by atoms with E-state index in [1.807, 2.05) is 35.9 Å². The molecule has 1 N–H and O–H groups in total. The fourth-order valence-corrected chi connectivity index (χ4v) is 3.97. The summed E-state index contributed by atoms with van der Waals surface area (Å²) >= 11 is 1.30. The minimum absolute atomic E-state index is 0.224. The molecule has 4 rings (SSSR count). The second kappa shape index (κ2) is 7.22. The first-order valence-corrected chi connectivity index (χ1v) is 9.89. The summed E-state index contributed by atoms with van der Waals surface area (Å²) in [7, 11) is 1.86. The molecule has 1 amide bonds. The third-order valence-electron chi connectivity index (χ3n) is 4.04. The summed E-state index contributed by atoms with van der Waals surface area (Å²) in [6.45, 7) is 1.58. The zero-order valence-electron chi connectivity index (χ0n) is 14.9. The molecule has 150 valence electrons. The van der Waals surface area contributed by atoms with E-state index in [0.717, 1.165) is 22.7 Å². The number of thioether (sulfide) groups is 1. The number of alkyl halides is 3. The van der Waals surface area contributed by atoms with Gasteiger partial charge in [-0.25, -0.2) is 4.98 Å². The lowest BCUT2D eigenvalue weighted by Gasteiger charge is -2.08. The Morgan fingerprint density at radius 1 is 1.21 bits per heavy atom. The summed E-state index contributed by atoms with van der Waals surface area (Å²) in [5, 5.41) is 16.2. The van der Waals surface area contributed by atoms with Crippen LogP contribution >= 0.6 is 23.1 Å². The second-order valence-electron chi connectivity index (χ2n) is 6.00. The highest BCUT2D eigenvalue weighted by atomic mass is 32.2. The van der Waals surface area contributed by atoms with E-state index in [1.54, 1.807) is 6.92 Å². The number of carbonyl (C=O) groups excluding carboxylic acids is 1. The van der Waals surface area contributed by atoms with Crippen LogP contribution in [0.4, 0.5) is 18.3 Å². The van der Waals surface area contributed by atoms with Gasteiger partial charge in [0.05, 0.1) is 10.8 Å². The van der Waals surface area contributed by atoms with Crippen LogP contribution in [0.25, 0.3) is 22.1 Å². The van der Waals surface area contributed by atoms with E-state index in [-0.39, 0.29) is 21.6 Å². The van der Waals surface area contributed by atoms with Gasteiger partial charge in [-0.3, -0.25) is 10.1 Å². The number of hydrogen-bond acceptors (Lipinski definition) is 8. The summed E-state index contributed by atoms with van der Waals surface area (Å²) in [5.74, 6) is -0.541. The van der Waals surface area contributed by atoms with Crippen molar-refractivity contribution < 1.29 is 18.0 Å². The summed E-state index contributed by atoms with van der Waals surface area (Å²) < 4.78 is 39.6. The Bertz CT molecular complexity index is 1220. The molecule has 4 aromatic rings. The first kappa shape index (κ1) is 19.5. The molecule has 8 nitrogen and oxygen atoms in total. The average molecular weight is 439 g/mol. The third-order valence-corrected chi connectivity index (χ3v) is 5.87. The second-order valence-corrected chi connectivity index (χ2v) is 8.29. The molecule has 29 heavy (non-hydrogen) atoms. The lowest BCUT2D eigenvalue weighted by Crippen LogP contribution is -2.22. The maximum atomic E-state index is 12.6. The number of hydrogen-bond donors (Lipinski definition) is 1. The number of anilines is 1. The minimum atomic E-state index is -4.60. The van der Waals surface area contributed by atoms with Crippen LogP contribution in [0.15, 0.2) is 29.4 Å². The van der Waals surface area contributed by atoms with Gasteiger partial charge in [-0.15, -0.1) is 20.4 Å². The lowest BCUT2D eigenvalue weighted by molar-refractivity contribution is -0.138. The predicted octanol–water partition coefficient (Wildman–Crippen LogP) is 3.51. The quantitative estimate of drug-likeness (QED) is 0.486. The van der Waals surface area contributed by atoms with E-state index < -0.39 is 22.3 Å². The normalized spacial score (nSPS) is 13.1. The fourth-order valence-electron chi connectivity index (χ4n) is 2.65. The van der Waals surface area contributed by atoms with Crippen LogP contribution in [-0.2, 0) is 18.0 Å². The number of fused-ring (bicyclic) bond motifs is 3. The van der Waals surface area contributed by atoms with Gasteiger partial charge in [-0.1, -0.05) is 41.3 Å². The van der Waals surface area contributed by atoms with E-state index in [9.17, 15) is 18.0 Å². The van der Waals surface area contributed by atoms with Crippen molar-refractivity contribution in [2.24, 2.45) is 7.05 Å². The molecule has 0 fully saturated rings. The van der Waals surface area contributed by atoms with E-state index in [1.165, 1.54) is 0 Å². The minimum Gasteiger partial charge on any atom is -0.327 e. The smallest absolute Gasteiger partial charge is 0.327 e. The molecular weight excluding hydrogens is 427 g/mol. The van der Waals surface area contributed by atoms with Crippen molar-refractivity contribution in [1.29, 1.82) is 0 Å². The topological polar surface area (TPSA) is 98.5 Å². The van der Waals surface area contributed by atoms with Crippen LogP contribution in [0.2, 0.25) is 0 Å². The number of benzene rings is 1. The van der Waals surface area contributed by atoms with Crippen molar-refractivity contribution in [3.05, 3.63) is 29.3 Å². The van der Waals surface area contributed by atoms with Gasteiger partial charge < -0.3 is 4.57 Å². The molecule has 1 atom stereocenters. The number of rotatable bonds is 4. The molecule has 0 saturated heterocycles. The molecule has 1 aromatic carbocycles. The molecule has 0 aliphatic carbocycles. The Labute approximate surface area is 169 Å². The molecule has 0 radical (unpaired) electrons. The van der Waals surface area contributed by atoms with Gasteiger partial charge >= 0.3 is 6.18 Å². The van der Waals surface area contributed by atoms with Gasteiger partial charge in [0.1, 0.15) is 5.52 Å². The number of nitrogens with one attached hydrogen (secondary N) is 1. The number of carbonyl (C=O) groups is 1. The molecule has 0 saturated carbocycles. The molecule has 0 bridgehead atoms. The molecular formula is C16H12F3N7OS2. The highest BCUT2D eigenvalue weighted by Gasteiger charge is 2.36. The van der Waals surface area contributed by atoms with E-state index in [2.05, 4.69) is 30.7 Å². The number of nitrogens with zero attached hydrogens (tertiary/aromatic N) is 6. The van der Waals surface area contributed by atoms with E-state index >= 15 is 0 Å². The van der Waals surface area contributed by atoms with Crippen LogP contribution in [0.3, 0.4) is 0 Å². The monoisotopic (exact) mass is 439 g/mol. The molecule has 3 aromatic heterocycles. The van der Waals surface area contributed by atoms with Gasteiger partial charge in [-0.2, -0.15) is 13.2 Å². The Hall–Kier alpha value is -2.80. The molecule has 0 aliphatic heterocycles. The lowest BCUT2D eigenvalue weighted by atomic mass is 10.2. The Morgan fingerprint density at radius 2 is 1.97 bits per heavy atom. The Morgan fingerprint density at radius 3 is 2.69 bits per heavy atom. The molecule has 0 unspecified atom stereocenters. The third kappa shape index (κ3) is 3.74. The summed E-state index contributed by atoms with van der Waals surface area (Å²) in [6.07, 6.45) is -4.60. The highest BCUT2D eigenvalue weighted by Crippen LogP contribution is 2.33. The van der Waals surface area contributed by atoms with Crippen molar-refractivity contribution in [3.63, 3.8) is 0 Å². The zero-order valence-corrected chi connectivity index (χ0v) is 16.6. The number of amides is 1. The van der Waals surface area contributed by atoms with Crippen LogP contribution < -0.4 is 5.32 Å². The molecule has 13 heteroatoms. The maximum Gasteiger partial charge on any atom is 0.445 e. The summed E-state index contributed by atoms with van der Waals surface area (Å²) in [5.41, 5.74) is 2.22. The Kier molecular flexibility index (Phi) is 4.86. The van der Waals surface area contributed by atoms with Crippen LogP contribution in [0.5, 0.6) is 0 Å². The molecule has 0 spiro atoms. The maximum absolute atomic E-state index is 12.6. The first-order chi connectivity index (χ1) is 13.7. The van der Waals surface area contributed by atoms with Gasteiger partial charge in [0.15, 0.2) is 5.65 Å². The van der Waals surface area contributed by atoms with E-state index in [4.69, 9.17) is 0 Å². The van der Waals surface area contributed by atoms with Crippen LogP contribution in [0, 0.1) is 0 Å². The number of aromatic nitrogens is 6. The van der Waals surface area contributed by atoms with Gasteiger partial charge in [0, 0.05) is 12.4 Å². The van der Waals surface area contributed by atoms with Crippen molar-refractivity contribution in [1.82, 2.24) is 29.9 Å². The summed E-state index contributed by atoms with van der Waals surface area (Å²) in [4.78, 5) is 16.8. The van der Waals surface area contributed by atoms with Gasteiger partial charge in [0.25, 0.3) is 0 Å². The van der Waals surface area contributed by atoms with Gasteiger partial charge in [0.2, 0.25) is 21.2 Å². The Balaban J connectivity index is 1.51. The van der Waals surface area contributed by atoms with Crippen molar-refractivity contribution in [2.75, 3.05) is 5.32 Å². The number of aryl methyl sites for hydroxylation is 1.